The molecular formula is C25H38O4. The Morgan fingerprint density at radius 1 is 1.10 bits per heavy atom. The number of unbranched alkanes of at least 4 members (excludes halogenated alkanes) is 5. The second-order valence-corrected chi connectivity index (χ2v) is 8.43. The van der Waals surface area contributed by atoms with Crippen LogP contribution >= 0.6 is 0 Å². The molecule has 0 heterocycles. The van der Waals surface area contributed by atoms with E-state index < -0.39 is 0 Å². The summed E-state index contributed by atoms with van der Waals surface area (Å²) < 4.78 is 4.66. The molecule has 1 aromatic rings. The monoisotopic (exact) mass is 402 g/mol. The third kappa shape index (κ3) is 7.58. The Bertz CT molecular complexity index is 622. The molecule has 162 valence electrons. The zero-order valence-corrected chi connectivity index (χ0v) is 18.2. The van der Waals surface area contributed by atoms with E-state index in [2.05, 4.69) is 23.8 Å². The fourth-order valence-corrected chi connectivity index (χ4v) is 4.48. The van der Waals surface area contributed by atoms with Gasteiger partial charge >= 0.3 is 5.97 Å². The van der Waals surface area contributed by atoms with Crippen molar-refractivity contribution >= 4 is 11.8 Å². The lowest BCUT2D eigenvalue weighted by Gasteiger charge is -2.20. The van der Waals surface area contributed by atoms with Gasteiger partial charge in [0.1, 0.15) is 5.78 Å². The molecule has 0 radical (unpaired) electrons. The van der Waals surface area contributed by atoms with Gasteiger partial charge < -0.3 is 9.84 Å². The number of rotatable bonds is 13. The van der Waals surface area contributed by atoms with Crippen molar-refractivity contribution in [3.05, 3.63) is 35.4 Å². The lowest BCUT2D eigenvalue weighted by atomic mass is 9.84. The summed E-state index contributed by atoms with van der Waals surface area (Å²) in [4.78, 5) is 23.6. The molecule has 4 heteroatoms. The van der Waals surface area contributed by atoms with E-state index in [1.165, 1.54) is 12.7 Å². The molecule has 1 aliphatic rings. The summed E-state index contributed by atoms with van der Waals surface area (Å²) >= 11 is 0. The van der Waals surface area contributed by atoms with Crippen LogP contribution in [-0.4, -0.2) is 24.0 Å². The lowest BCUT2D eigenvalue weighted by molar-refractivity contribution is -0.140. The maximum atomic E-state index is 12.4. The molecule has 1 N–H and O–H groups in total. The Hall–Kier alpha value is -1.68. The fraction of sp³-hybridized carbons (Fsp3) is 0.680. The number of aliphatic hydroxyl groups is 1. The van der Waals surface area contributed by atoms with E-state index in [0.717, 1.165) is 69.8 Å². The molecule has 1 fully saturated rings. The maximum Gasteiger partial charge on any atom is 0.305 e. The maximum absolute atomic E-state index is 12.4. The molecular weight excluding hydrogens is 364 g/mol. The first kappa shape index (κ1) is 23.6. The highest BCUT2D eigenvalue weighted by Crippen LogP contribution is 2.40. The minimum Gasteiger partial charge on any atom is -0.469 e. The standard InChI is InChI=1S/C25H38O4/c1-3-4-7-11-23(26)20-15-13-19(14-16-20)21-17-18-24(27)22(21)10-8-5-6-9-12-25(28)29-2/h13-16,21-23,26H,3-12,17-18H2,1-2H3/t21-,22-,23+/m0/s1. The second-order valence-electron chi connectivity index (χ2n) is 8.43. The molecule has 0 aliphatic heterocycles. The third-order valence-electron chi connectivity index (χ3n) is 6.31. The van der Waals surface area contributed by atoms with E-state index in [1.54, 1.807) is 0 Å². The Kier molecular flexibility index (Phi) is 10.4. The molecule has 0 bridgehead atoms. The molecule has 1 aliphatic carbocycles. The highest BCUT2D eigenvalue weighted by atomic mass is 16.5. The quantitative estimate of drug-likeness (QED) is 0.331. The minimum absolute atomic E-state index is 0.121. The number of ketones is 1. The largest absolute Gasteiger partial charge is 0.469 e. The Morgan fingerprint density at radius 2 is 1.83 bits per heavy atom. The van der Waals surface area contributed by atoms with E-state index in [4.69, 9.17) is 0 Å². The van der Waals surface area contributed by atoms with Gasteiger partial charge in [0, 0.05) is 18.8 Å². The molecule has 0 spiro atoms. The third-order valence-corrected chi connectivity index (χ3v) is 6.31. The van der Waals surface area contributed by atoms with Crippen LogP contribution in [0.25, 0.3) is 0 Å². The number of benzene rings is 1. The van der Waals surface area contributed by atoms with Gasteiger partial charge in [0.2, 0.25) is 0 Å². The topological polar surface area (TPSA) is 63.6 Å². The van der Waals surface area contributed by atoms with Crippen LogP contribution in [0.1, 0.15) is 107 Å². The fourth-order valence-electron chi connectivity index (χ4n) is 4.48. The van der Waals surface area contributed by atoms with Gasteiger partial charge in [-0.1, -0.05) is 69.7 Å². The number of methoxy groups -OCH3 is 1. The summed E-state index contributed by atoms with van der Waals surface area (Å²) in [6, 6.07) is 8.31. The van der Waals surface area contributed by atoms with Crippen molar-refractivity contribution in [2.75, 3.05) is 7.11 Å². The first-order chi connectivity index (χ1) is 14.1. The summed E-state index contributed by atoms with van der Waals surface area (Å²) in [5, 5.41) is 10.4. The van der Waals surface area contributed by atoms with Gasteiger partial charge in [-0.3, -0.25) is 9.59 Å². The molecule has 29 heavy (non-hydrogen) atoms. The number of hydrogen-bond acceptors (Lipinski definition) is 4. The van der Waals surface area contributed by atoms with Gasteiger partial charge in [0.05, 0.1) is 13.2 Å². The van der Waals surface area contributed by atoms with Crippen molar-refractivity contribution in [1.82, 2.24) is 0 Å². The zero-order valence-electron chi connectivity index (χ0n) is 18.2. The molecule has 1 saturated carbocycles. The number of Topliss-reactive ketones (excluding diaryl/α,β-unsaturated/α-hetero) is 1. The molecule has 0 saturated heterocycles. The molecule has 0 unspecified atom stereocenters. The van der Waals surface area contributed by atoms with Crippen molar-refractivity contribution < 1.29 is 19.4 Å². The summed E-state index contributed by atoms with van der Waals surface area (Å²) in [7, 11) is 1.42. The van der Waals surface area contributed by atoms with Crippen LogP contribution in [0, 0.1) is 5.92 Å². The zero-order chi connectivity index (χ0) is 21.1. The number of aliphatic hydroxyl groups excluding tert-OH is 1. The lowest BCUT2D eigenvalue weighted by Crippen LogP contribution is -2.13. The summed E-state index contributed by atoms with van der Waals surface area (Å²) in [5.41, 5.74) is 2.22. The van der Waals surface area contributed by atoms with E-state index in [-0.39, 0.29) is 18.0 Å². The average molecular weight is 403 g/mol. The average Bonchev–Trinajstić information content (AvgIpc) is 3.10. The summed E-state index contributed by atoms with van der Waals surface area (Å²) in [6.45, 7) is 2.17. The van der Waals surface area contributed by atoms with Crippen LogP contribution in [0.3, 0.4) is 0 Å². The molecule has 2 rings (SSSR count). The van der Waals surface area contributed by atoms with Gasteiger partial charge in [0.15, 0.2) is 0 Å². The van der Waals surface area contributed by atoms with Gasteiger partial charge in [-0.2, -0.15) is 0 Å². The van der Waals surface area contributed by atoms with Crippen LogP contribution in [0.2, 0.25) is 0 Å². The SMILES string of the molecule is CCCCC[C@@H](O)c1ccc([C@@H]2CCC(=O)[C@H]2CCCCCCC(=O)OC)cc1. The van der Waals surface area contributed by atoms with Gasteiger partial charge in [-0.25, -0.2) is 0 Å². The molecule has 0 amide bonds. The Balaban J connectivity index is 1.82. The van der Waals surface area contributed by atoms with Crippen LogP contribution in [0.15, 0.2) is 24.3 Å². The predicted molar refractivity (Wildman–Crippen MR) is 116 cm³/mol. The summed E-state index contributed by atoms with van der Waals surface area (Å²) in [6.07, 6.45) is 10.8. The first-order valence-corrected chi connectivity index (χ1v) is 11.4. The first-order valence-electron chi connectivity index (χ1n) is 11.4. The normalized spacial score (nSPS) is 20.0. The van der Waals surface area contributed by atoms with Crippen molar-refractivity contribution in [3.8, 4) is 0 Å². The smallest absolute Gasteiger partial charge is 0.305 e. The van der Waals surface area contributed by atoms with Crippen LogP contribution in [-0.2, 0) is 14.3 Å². The summed E-state index contributed by atoms with van der Waals surface area (Å²) in [5.74, 6) is 0.683. The van der Waals surface area contributed by atoms with Crippen molar-refractivity contribution in [2.45, 2.75) is 96.0 Å². The molecule has 0 aromatic heterocycles. The predicted octanol–water partition coefficient (Wildman–Crippen LogP) is 5.88. The van der Waals surface area contributed by atoms with Gasteiger partial charge in [0.25, 0.3) is 0 Å². The number of ether oxygens (including phenoxy) is 1. The van der Waals surface area contributed by atoms with Gasteiger partial charge in [-0.05, 0) is 42.7 Å². The minimum atomic E-state index is -0.387. The number of carbonyl (C=O) groups is 2. The molecule has 1 aromatic carbocycles. The van der Waals surface area contributed by atoms with Crippen LogP contribution in [0.4, 0.5) is 0 Å². The number of esters is 1. The van der Waals surface area contributed by atoms with E-state index in [0.29, 0.717) is 24.5 Å². The number of hydrogen-bond donors (Lipinski definition) is 1. The van der Waals surface area contributed by atoms with E-state index >= 15 is 0 Å². The Morgan fingerprint density at radius 3 is 2.52 bits per heavy atom. The van der Waals surface area contributed by atoms with E-state index in [1.807, 2.05) is 12.1 Å². The second kappa shape index (κ2) is 12.8. The highest BCUT2D eigenvalue weighted by molar-refractivity contribution is 5.84. The molecule has 4 nitrogen and oxygen atoms in total. The highest BCUT2D eigenvalue weighted by Gasteiger charge is 2.34. The number of carbonyl (C=O) groups excluding carboxylic acids is 2. The van der Waals surface area contributed by atoms with Crippen molar-refractivity contribution in [2.24, 2.45) is 5.92 Å². The van der Waals surface area contributed by atoms with Crippen molar-refractivity contribution in [1.29, 1.82) is 0 Å². The van der Waals surface area contributed by atoms with Crippen molar-refractivity contribution in [3.63, 3.8) is 0 Å². The van der Waals surface area contributed by atoms with E-state index in [9.17, 15) is 14.7 Å². The molecule has 3 atom stereocenters. The van der Waals surface area contributed by atoms with Gasteiger partial charge in [-0.15, -0.1) is 0 Å². The Labute approximate surface area is 176 Å². The van der Waals surface area contributed by atoms with Crippen LogP contribution in [0.5, 0.6) is 0 Å². The van der Waals surface area contributed by atoms with Crippen LogP contribution < -0.4 is 0 Å².